The fourth-order valence-corrected chi connectivity index (χ4v) is 4.96. The van der Waals surface area contributed by atoms with Gasteiger partial charge in [0, 0.05) is 32.3 Å². The maximum absolute atomic E-state index is 13.8. The highest BCUT2D eigenvalue weighted by Gasteiger charge is 2.31. The number of unbranched alkanes of at least 4 members (excludes halogenated alkanes) is 2. The van der Waals surface area contributed by atoms with Crippen molar-refractivity contribution < 1.29 is 21.9 Å². The lowest BCUT2D eigenvalue weighted by atomic mass is 9.93. The first-order valence-corrected chi connectivity index (χ1v) is 12.3. The van der Waals surface area contributed by atoms with Crippen LogP contribution in [0.15, 0.2) is 30.9 Å². The molecule has 1 aliphatic rings. The molecule has 1 aliphatic carbocycles. The molecule has 0 unspecified atom stereocenters. The molecule has 0 aromatic heterocycles. The molecular weight excluding hydrogens is 424 g/mol. The molecule has 176 valence electrons. The zero-order valence-electron chi connectivity index (χ0n) is 18.5. The summed E-state index contributed by atoms with van der Waals surface area (Å²) in [7, 11) is -0.434. The number of hydrogen-bond donors (Lipinski definition) is 1. The smallest absolute Gasteiger partial charge is 0.301 e. The van der Waals surface area contributed by atoms with Crippen LogP contribution in [0, 0.1) is 11.6 Å². The second-order valence-electron chi connectivity index (χ2n) is 8.16. The molecule has 9 heteroatoms. The maximum Gasteiger partial charge on any atom is 0.301 e. The molecule has 1 aromatic rings. The van der Waals surface area contributed by atoms with Gasteiger partial charge in [0.25, 0.3) is 0 Å². The van der Waals surface area contributed by atoms with Gasteiger partial charge in [0.15, 0.2) is 0 Å². The number of rotatable bonds is 13. The van der Waals surface area contributed by atoms with Gasteiger partial charge in [-0.1, -0.05) is 6.08 Å². The van der Waals surface area contributed by atoms with Crippen molar-refractivity contribution in [2.75, 3.05) is 38.5 Å². The van der Waals surface area contributed by atoms with E-state index in [1.54, 1.807) is 0 Å². The highest BCUT2D eigenvalue weighted by Crippen LogP contribution is 2.27. The van der Waals surface area contributed by atoms with E-state index < -0.39 is 21.8 Å². The molecule has 0 amide bonds. The Morgan fingerprint density at radius 1 is 1.16 bits per heavy atom. The zero-order chi connectivity index (χ0) is 22.9. The molecule has 0 heterocycles. The molecule has 0 atom stereocenters. The molecule has 1 fully saturated rings. The van der Waals surface area contributed by atoms with Gasteiger partial charge >= 0.3 is 10.2 Å². The van der Waals surface area contributed by atoms with Crippen LogP contribution in [0.1, 0.15) is 44.9 Å². The van der Waals surface area contributed by atoms with Crippen molar-refractivity contribution in [2.45, 2.75) is 57.1 Å². The molecule has 0 spiro atoms. The third-order valence-corrected chi connectivity index (χ3v) is 7.22. The van der Waals surface area contributed by atoms with Gasteiger partial charge in [-0.3, -0.25) is 4.72 Å². The van der Waals surface area contributed by atoms with Crippen LogP contribution in [0.3, 0.4) is 0 Å². The second kappa shape index (κ2) is 12.5. The van der Waals surface area contributed by atoms with Crippen molar-refractivity contribution in [1.82, 2.24) is 9.21 Å². The van der Waals surface area contributed by atoms with Gasteiger partial charge in [-0.25, -0.2) is 8.78 Å². The Morgan fingerprint density at radius 3 is 2.55 bits per heavy atom. The van der Waals surface area contributed by atoms with Crippen molar-refractivity contribution in [3.8, 4) is 0 Å². The molecular formula is C22H35F2N3O3S. The monoisotopic (exact) mass is 459 g/mol. The van der Waals surface area contributed by atoms with E-state index in [1.165, 1.54) is 11.4 Å². The second-order valence-corrected chi connectivity index (χ2v) is 9.89. The van der Waals surface area contributed by atoms with E-state index in [0.29, 0.717) is 12.8 Å². The van der Waals surface area contributed by atoms with Crippen LogP contribution in [-0.4, -0.2) is 63.6 Å². The van der Waals surface area contributed by atoms with Crippen molar-refractivity contribution in [3.05, 3.63) is 42.5 Å². The summed E-state index contributed by atoms with van der Waals surface area (Å²) in [6, 6.07) is 2.48. The first-order valence-electron chi connectivity index (χ1n) is 10.8. The number of benzene rings is 1. The summed E-state index contributed by atoms with van der Waals surface area (Å²) in [4.78, 5) is 2.23. The Bertz CT molecular complexity index is 799. The van der Waals surface area contributed by atoms with E-state index in [1.807, 2.05) is 6.08 Å². The fraction of sp³-hybridized carbons (Fsp3) is 0.636. The SMILES string of the molecule is C=CCN(C)CCCCCOC1CCC(N(C)S(=O)(=O)Nc2cc(F)ccc2F)CC1. The summed E-state index contributed by atoms with van der Waals surface area (Å²) in [6.45, 7) is 6.40. The molecule has 1 aromatic carbocycles. The summed E-state index contributed by atoms with van der Waals surface area (Å²) >= 11 is 0. The van der Waals surface area contributed by atoms with Crippen LogP contribution >= 0.6 is 0 Å². The van der Waals surface area contributed by atoms with Gasteiger partial charge in [0.2, 0.25) is 0 Å². The predicted octanol–water partition coefficient (Wildman–Crippen LogP) is 4.17. The Hall–Kier alpha value is -1.55. The topological polar surface area (TPSA) is 61.9 Å². The van der Waals surface area contributed by atoms with E-state index >= 15 is 0 Å². The van der Waals surface area contributed by atoms with Crippen LogP contribution in [0.25, 0.3) is 0 Å². The van der Waals surface area contributed by atoms with Crippen LogP contribution in [0.4, 0.5) is 14.5 Å². The third-order valence-electron chi connectivity index (χ3n) is 5.68. The molecule has 2 rings (SSSR count). The van der Waals surface area contributed by atoms with E-state index in [2.05, 4.69) is 23.2 Å². The summed E-state index contributed by atoms with van der Waals surface area (Å²) in [5.74, 6) is -1.52. The van der Waals surface area contributed by atoms with Gasteiger partial charge in [-0.05, 0) is 70.7 Å². The summed E-state index contributed by atoms with van der Waals surface area (Å²) in [6.07, 6.45) is 8.19. The number of hydrogen-bond acceptors (Lipinski definition) is 4. The highest BCUT2D eigenvalue weighted by molar-refractivity contribution is 7.90. The number of anilines is 1. The van der Waals surface area contributed by atoms with Crippen molar-refractivity contribution in [2.24, 2.45) is 0 Å². The number of nitrogens with zero attached hydrogens (tertiary/aromatic N) is 2. The molecule has 1 saturated carbocycles. The lowest BCUT2D eigenvalue weighted by Crippen LogP contribution is -2.43. The van der Waals surface area contributed by atoms with Gasteiger partial charge in [0.05, 0.1) is 11.8 Å². The lowest BCUT2D eigenvalue weighted by molar-refractivity contribution is 0.0156. The van der Waals surface area contributed by atoms with Crippen molar-refractivity contribution >= 4 is 15.9 Å². The first-order chi connectivity index (χ1) is 14.7. The van der Waals surface area contributed by atoms with Gasteiger partial charge in [0.1, 0.15) is 11.6 Å². The minimum absolute atomic E-state index is 0.143. The standard InChI is InChI=1S/C22H35F2N3O3S/c1-4-14-26(2)15-6-5-7-16-30-20-11-9-19(10-12-20)27(3)31(28,29)25-22-17-18(23)8-13-21(22)24/h4,8,13,17,19-20,25H,1,5-7,9-12,14-16H2,2-3H3. The Labute approximate surface area is 185 Å². The number of ether oxygens (including phenoxy) is 1. The normalized spacial score (nSPS) is 19.7. The van der Waals surface area contributed by atoms with Gasteiger partial charge in [-0.2, -0.15) is 12.7 Å². The molecule has 0 bridgehead atoms. The zero-order valence-corrected chi connectivity index (χ0v) is 19.3. The predicted molar refractivity (Wildman–Crippen MR) is 120 cm³/mol. The van der Waals surface area contributed by atoms with Crippen LogP contribution in [-0.2, 0) is 14.9 Å². The Kier molecular flexibility index (Phi) is 10.3. The van der Waals surface area contributed by atoms with E-state index in [9.17, 15) is 17.2 Å². The molecule has 0 saturated heterocycles. The average molecular weight is 460 g/mol. The van der Waals surface area contributed by atoms with E-state index in [-0.39, 0.29) is 17.8 Å². The number of nitrogens with one attached hydrogen (secondary N) is 1. The van der Waals surface area contributed by atoms with Crippen LogP contribution < -0.4 is 4.72 Å². The lowest BCUT2D eigenvalue weighted by Gasteiger charge is -2.34. The van der Waals surface area contributed by atoms with Gasteiger partial charge in [-0.15, -0.1) is 6.58 Å². The maximum atomic E-state index is 13.8. The molecule has 31 heavy (non-hydrogen) atoms. The number of likely N-dealkylation sites (N-methyl/N-ethyl adjacent to an activating group) is 1. The summed E-state index contributed by atoms with van der Waals surface area (Å²) < 4.78 is 61.6. The minimum atomic E-state index is -3.98. The van der Waals surface area contributed by atoms with Crippen LogP contribution in [0.5, 0.6) is 0 Å². The van der Waals surface area contributed by atoms with E-state index in [0.717, 1.165) is 70.0 Å². The van der Waals surface area contributed by atoms with Crippen LogP contribution in [0.2, 0.25) is 0 Å². The molecule has 0 radical (unpaired) electrons. The first kappa shape index (κ1) is 25.7. The molecule has 6 nitrogen and oxygen atoms in total. The Balaban J connectivity index is 1.70. The van der Waals surface area contributed by atoms with Crippen molar-refractivity contribution in [1.29, 1.82) is 0 Å². The summed E-state index contributed by atoms with van der Waals surface area (Å²) in [5, 5.41) is 0. The average Bonchev–Trinajstić information content (AvgIpc) is 2.73. The van der Waals surface area contributed by atoms with Gasteiger partial charge < -0.3 is 9.64 Å². The van der Waals surface area contributed by atoms with E-state index in [4.69, 9.17) is 4.74 Å². The largest absolute Gasteiger partial charge is 0.378 e. The quantitative estimate of drug-likeness (QED) is 0.355. The Morgan fingerprint density at radius 2 is 1.87 bits per heavy atom. The summed E-state index contributed by atoms with van der Waals surface area (Å²) in [5.41, 5.74) is -0.389. The molecule has 0 aliphatic heterocycles. The minimum Gasteiger partial charge on any atom is -0.378 e. The third kappa shape index (κ3) is 8.48. The number of halogens is 2. The molecule has 1 N–H and O–H groups in total. The highest BCUT2D eigenvalue weighted by atomic mass is 32.2. The fourth-order valence-electron chi connectivity index (χ4n) is 3.78. The van der Waals surface area contributed by atoms with Crippen molar-refractivity contribution in [3.63, 3.8) is 0 Å².